The van der Waals surface area contributed by atoms with Crippen LogP contribution in [-0.4, -0.2) is 11.9 Å². The van der Waals surface area contributed by atoms with E-state index in [0.29, 0.717) is 12.0 Å². The van der Waals surface area contributed by atoms with Gasteiger partial charge in [0.15, 0.2) is 0 Å². The maximum atomic E-state index is 11.1. The second-order valence-corrected chi connectivity index (χ2v) is 7.01. The summed E-state index contributed by atoms with van der Waals surface area (Å²) < 4.78 is 0. The van der Waals surface area contributed by atoms with E-state index in [1.54, 1.807) is 6.92 Å². The van der Waals surface area contributed by atoms with Crippen molar-refractivity contribution < 1.29 is 4.79 Å². The van der Waals surface area contributed by atoms with Crippen LogP contribution in [0, 0.1) is 17.8 Å². The zero-order valence-corrected chi connectivity index (χ0v) is 12.8. The van der Waals surface area contributed by atoms with E-state index in [9.17, 15) is 4.79 Å². The summed E-state index contributed by atoms with van der Waals surface area (Å²) >= 11 is 0. The number of carbonyl (C=O) groups excluding carboxylic acids is 1. The first-order valence-electron chi connectivity index (χ1n) is 8.42. The Labute approximate surface area is 118 Å². The van der Waals surface area contributed by atoms with E-state index >= 15 is 0 Å². The standard InChI is InChI=1S/C17H31NO/c1-13(18-14(2)19)17-10-8-16(9-11-17)12-15-6-4-3-5-7-15/h13,15-17H,3-12H2,1-2H3,(H,18,19). The lowest BCUT2D eigenvalue weighted by atomic mass is 9.73. The summed E-state index contributed by atoms with van der Waals surface area (Å²) in [5.41, 5.74) is 0. The first kappa shape index (κ1) is 14.9. The van der Waals surface area contributed by atoms with Crippen LogP contribution < -0.4 is 5.32 Å². The molecule has 0 aromatic rings. The summed E-state index contributed by atoms with van der Waals surface area (Å²) in [7, 11) is 0. The largest absolute Gasteiger partial charge is 0.354 e. The van der Waals surface area contributed by atoms with Crippen molar-refractivity contribution in [3.8, 4) is 0 Å². The van der Waals surface area contributed by atoms with Gasteiger partial charge >= 0.3 is 0 Å². The third-order valence-electron chi connectivity index (χ3n) is 5.42. The van der Waals surface area contributed by atoms with Crippen molar-refractivity contribution >= 4 is 5.91 Å². The number of rotatable bonds is 4. The molecule has 0 bridgehead atoms. The minimum absolute atomic E-state index is 0.122. The van der Waals surface area contributed by atoms with Gasteiger partial charge in [-0.3, -0.25) is 4.79 Å². The highest BCUT2D eigenvalue weighted by Crippen LogP contribution is 2.37. The molecule has 0 aromatic heterocycles. The van der Waals surface area contributed by atoms with Crippen molar-refractivity contribution in [2.24, 2.45) is 17.8 Å². The molecular weight excluding hydrogens is 234 g/mol. The summed E-state index contributed by atoms with van der Waals surface area (Å²) in [4.78, 5) is 11.1. The lowest BCUT2D eigenvalue weighted by Crippen LogP contribution is -2.38. The van der Waals surface area contributed by atoms with E-state index in [1.807, 2.05) is 0 Å². The third kappa shape index (κ3) is 4.81. The summed E-state index contributed by atoms with van der Waals surface area (Å²) in [6.07, 6.45) is 14.3. The molecule has 19 heavy (non-hydrogen) atoms. The molecule has 2 aliphatic carbocycles. The van der Waals surface area contributed by atoms with Gasteiger partial charge in [0.1, 0.15) is 0 Å². The highest BCUT2D eigenvalue weighted by Gasteiger charge is 2.27. The van der Waals surface area contributed by atoms with Crippen molar-refractivity contribution in [3.63, 3.8) is 0 Å². The quantitative estimate of drug-likeness (QED) is 0.807. The maximum Gasteiger partial charge on any atom is 0.217 e. The summed E-state index contributed by atoms with van der Waals surface area (Å²) in [5, 5.41) is 3.07. The van der Waals surface area contributed by atoms with Gasteiger partial charge in [-0.1, -0.05) is 44.9 Å². The molecule has 0 aromatic carbocycles. The van der Waals surface area contributed by atoms with Crippen LogP contribution in [0.2, 0.25) is 0 Å². The van der Waals surface area contributed by atoms with Gasteiger partial charge in [-0.25, -0.2) is 0 Å². The average Bonchev–Trinajstić information content (AvgIpc) is 2.40. The lowest BCUT2D eigenvalue weighted by Gasteiger charge is -2.34. The Bertz CT molecular complexity index is 275. The van der Waals surface area contributed by atoms with Gasteiger partial charge in [0.25, 0.3) is 0 Å². The molecule has 2 nitrogen and oxygen atoms in total. The molecule has 2 heteroatoms. The fourth-order valence-corrected chi connectivity index (χ4v) is 4.26. The number of carbonyl (C=O) groups is 1. The fraction of sp³-hybridized carbons (Fsp3) is 0.941. The zero-order valence-electron chi connectivity index (χ0n) is 12.8. The van der Waals surface area contributed by atoms with E-state index in [-0.39, 0.29) is 5.91 Å². The van der Waals surface area contributed by atoms with Gasteiger partial charge in [0.2, 0.25) is 5.91 Å². The molecule has 1 atom stereocenters. The molecule has 0 aliphatic heterocycles. The number of hydrogen-bond acceptors (Lipinski definition) is 1. The predicted molar refractivity (Wildman–Crippen MR) is 79.9 cm³/mol. The Kier molecular flexibility index (Phi) is 5.72. The van der Waals surface area contributed by atoms with Crippen molar-refractivity contribution in [3.05, 3.63) is 0 Å². The minimum atomic E-state index is 0.122. The summed E-state index contributed by atoms with van der Waals surface area (Å²) in [6, 6.07) is 0.369. The smallest absolute Gasteiger partial charge is 0.217 e. The second-order valence-electron chi connectivity index (χ2n) is 7.01. The monoisotopic (exact) mass is 265 g/mol. The Morgan fingerprint density at radius 2 is 1.58 bits per heavy atom. The van der Waals surface area contributed by atoms with Gasteiger partial charge in [-0.15, -0.1) is 0 Å². The van der Waals surface area contributed by atoms with Gasteiger partial charge in [0.05, 0.1) is 0 Å². The van der Waals surface area contributed by atoms with E-state index in [1.165, 1.54) is 64.2 Å². The van der Waals surface area contributed by atoms with Crippen LogP contribution in [0.3, 0.4) is 0 Å². The Balaban J connectivity index is 1.68. The normalized spacial score (nSPS) is 30.8. The summed E-state index contributed by atoms with van der Waals surface area (Å²) in [6.45, 7) is 3.80. The van der Waals surface area contributed by atoms with E-state index in [2.05, 4.69) is 12.2 Å². The molecule has 0 radical (unpaired) electrons. The van der Waals surface area contributed by atoms with E-state index < -0.39 is 0 Å². The topological polar surface area (TPSA) is 29.1 Å². The molecule has 0 spiro atoms. The van der Waals surface area contributed by atoms with Gasteiger partial charge in [-0.2, -0.15) is 0 Å². The predicted octanol–water partition coefficient (Wildman–Crippen LogP) is 4.29. The highest BCUT2D eigenvalue weighted by atomic mass is 16.1. The van der Waals surface area contributed by atoms with Crippen LogP contribution in [-0.2, 0) is 4.79 Å². The molecular formula is C17H31NO. The summed E-state index contributed by atoms with van der Waals surface area (Å²) in [5.74, 6) is 2.84. The third-order valence-corrected chi connectivity index (χ3v) is 5.42. The van der Waals surface area contributed by atoms with Crippen molar-refractivity contribution in [1.82, 2.24) is 5.32 Å². The van der Waals surface area contributed by atoms with Crippen molar-refractivity contribution in [2.75, 3.05) is 0 Å². The highest BCUT2D eigenvalue weighted by molar-refractivity contribution is 5.73. The molecule has 1 amide bonds. The Hall–Kier alpha value is -0.530. The van der Waals surface area contributed by atoms with Crippen LogP contribution in [0.15, 0.2) is 0 Å². The fourth-order valence-electron chi connectivity index (χ4n) is 4.26. The van der Waals surface area contributed by atoms with E-state index in [4.69, 9.17) is 0 Å². The SMILES string of the molecule is CC(=O)NC(C)C1CCC(CC2CCCCC2)CC1. The minimum Gasteiger partial charge on any atom is -0.354 e. The van der Waals surface area contributed by atoms with Crippen molar-refractivity contribution in [1.29, 1.82) is 0 Å². The molecule has 1 N–H and O–H groups in total. The Morgan fingerprint density at radius 3 is 2.16 bits per heavy atom. The first-order valence-corrected chi connectivity index (χ1v) is 8.42. The zero-order chi connectivity index (χ0) is 13.7. The molecule has 1 unspecified atom stereocenters. The van der Waals surface area contributed by atoms with Crippen molar-refractivity contribution in [2.45, 2.75) is 84.1 Å². The number of amides is 1. The maximum absolute atomic E-state index is 11.1. The van der Waals surface area contributed by atoms with E-state index in [0.717, 1.165) is 11.8 Å². The number of nitrogens with one attached hydrogen (secondary N) is 1. The molecule has 2 saturated carbocycles. The van der Waals surface area contributed by atoms with Crippen LogP contribution >= 0.6 is 0 Å². The molecule has 2 fully saturated rings. The van der Waals surface area contributed by atoms with Gasteiger partial charge < -0.3 is 5.32 Å². The lowest BCUT2D eigenvalue weighted by molar-refractivity contribution is -0.120. The van der Waals surface area contributed by atoms with Crippen LogP contribution in [0.4, 0.5) is 0 Å². The first-order chi connectivity index (χ1) is 9.15. The van der Waals surface area contributed by atoms with Crippen LogP contribution in [0.1, 0.15) is 78.1 Å². The van der Waals surface area contributed by atoms with Gasteiger partial charge in [0, 0.05) is 13.0 Å². The second kappa shape index (κ2) is 7.31. The Morgan fingerprint density at radius 1 is 1.00 bits per heavy atom. The van der Waals surface area contributed by atoms with Crippen LogP contribution in [0.25, 0.3) is 0 Å². The average molecular weight is 265 g/mol. The van der Waals surface area contributed by atoms with Gasteiger partial charge in [-0.05, 0) is 43.9 Å². The molecule has 110 valence electrons. The molecule has 2 aliphatic rings. The van der Waals surface area contributed by atoms with Crippen LogP contribution in [0.5, 0.6) is 0 Å². The number of hydrogen-bond donors (Lipinski definition) is 1. The molecule has 0 heterocycles. The molecule has 0 saturated heterocycles. The molecule has 2 rings (SSSR count).